The van der Waals surface area contributed by atoms with E-state index in [0.29, 0.717) is 13.0 Å². The second-order valence-electron chi connectivity index (χ2n) is 3.76. The predicted octanol–water partition coefficient (Wildman–Crippen LogP) is 1.15. The van der Waals surface area contributed by atoms with Crippen LogP contribution in [0.1, 0.15) is 26.7 Å². The highest BCUT2D eigenvalue weighted by Gasteiger charge is 2.17. The molecule has 5 heteroatoms. The quantitative estimate of drug-likeness (QED) is 0.656. The Morgan fingerprint density at radius 1 is 1.47 bits per heavy atom. The molecule has 0 saturated carbocycles. The minimum absolute atomic E-state index is 0.134. The maximum Gasteiger partial charge on any atom is 0.318 e. The van der Waals surface area contributed by atoms with E-state index in [2.05, 4.69) is 11.2 Å². The van der Waals surface area contributed by atoms with Crippen LogP contribution in [0.4, 0.5) is 4.79 Å². The van der Waals surface area contributed by atoms with Gasteiger partial charge in [0, 0.05) is 13.1 Å². The van der Waals surface area contributed by atoms with Crippen LogP contribution in [0.2, 0.25) is 0 Å². The molecule has 2 amide bonds. The van der Waals surface area contributed by atoms with Crippen molar-refractivity contribution in [3.63, 3.8) is 0 Å². The zero-order chi connectivity index (χ0) is 13.3. The molecule has 0 aliphatic heterocycles. The molecule has 0 aliphatic carbocycles. The van der Waals surface area contributed by atoms with Crippen LogP contribution >= 0.6 is 0 Å². The van der Waals surface area contributed by atoms with E-state index in [1.165, 1.54) is 4.90 Å². The maximum absolute atomic E-state index is 11.7. The van der Waals surface area contributed by atoms with Crippen molar-refractivity contribution in [2.75, 3.05) is 19.6 Å². The van der Waals surface area contributed by atoms with E-state index < -0.39 is 11.9 Å². The zero-order valence-corrected chi connectivity index (χ0v) is 10.4. The molecule has 5 nitrogen and oxygen atoms in total. The number of carboxylic acid groups (broad SMARTS) is 1. The van der Waals surface area contributed by atoms with Crippen LogP contribution in [-0.2, 0) is 4.79 Å². The number of amides is 2. The van der Waals surface area contributed by atoms with Crippen molar-refractivity contribution >= 4 is 12.0 Å². The van der Waals surface area contributed by atoms with Gasteiger partial charge in [0.2, 0.25) is 0 Å². The van der Waals surface area contributed by atoms with Crippen LogP contribution in [-0.4, -0.2) is 41.6 Å². The van der Waals surface area contributed by atoms with E-state index in [4.69, 9.17) is 11.5 Å². The number of terminal acetylenes is 1. The summed E-state index contributed by atoms with van der Waals surface area (Å²) in [6, 6.07) is -0.301. The van der Waals surface area contributed by atoms with Crippen LogP contribution in [0.3, 0.4) is 0 Å². The number of urea groups is 1. The number of rotatable bonds is 7. The first-order valence-electron chi connectivity index (χ1n) is 5.75. The summed E-state index contributed by atoms with van der Waals surface area (Å²) in [6.07, 6.45) is 6.46. The molecule has 0 aliphatic rings. The molecule has 17 heavy (non-hydrogen) atoms. The summed E-state index contributed by atoms with van der Waals surface area (Å²) in [5, 5.41) is 11.4. The van der Waals surface area contributed by atoms with Crippen molar-refractivity contribution < 1.29 is 14.7 Å². The van der Waals surface area contributed by atoms with Crippen LogP contribution in [0.15, 0.2) is 0 Å². The molecule has 2 N–H and O–H groups in total. The minimum Gasteiger partial charge on any atom is -0.481 e. The number of carbonyl (C=O) groups excluding carboxylic acids is 1. The van der Waals surface area contributed by atoms with Crippen molar-refractivity contribution in [2.24, 2.45) is 5.92 Å². The molecule has 0 rings (SSSR count). The number of hydrogen-bond donors (Lipinski definition) is 2. The first kappa shape index (κ1) is 15.3. The Labute approximate surface area is 102 Å². The van der Waals surface area contributed by atoms with Crippen LogP contribution in [0.5, 0.6) is 0 Å². The lowest BCUT2D eigenvalue weighted by Crippen LogP contribution is -2.43. The monoisotopic (exact) mass is 240 g/mol. The van der Waals surface area contributed by atoms with E-state index in [1.807, 2.05) is 6.92 Å². The standard InChI is InChI=1S/C12H20N2O3/c1-4-7-14(8-5-2)12(17)13-9-10(6-3)11(15)16/h1,10H,5-9H2,2-3H3,(H,13,17)(H,15,16). The molecule has 0 saturated heterocycles. The Kier molecular flexibility index (Phi) is 7.61. The van der Waals surface area contributed by atoms with Crippen molar-refractivity contribution in [1.82, 2.24) is 10.2 Å². The SMILES string of the molecule is C#CCN(CCC)C(=O)NCC(CC)C(=O)O. The third-order valence-corrected chi connectivity index (χ3v) is 2.40. The number of aliphatic carboxylic acids is 1. The highest BCUT2D eigenvalue weighted by atomic mass is 16.4. The normalized spacial score (nSPS) is 11.4. The van der Waals surface area contributed by atoms with E-state index in [1.54, 1.807) is 6.92 Å². The average molecular weight is 240 g/mol. The van der Waals surface area contributed by atoms with Crippen LogP contribution in [0, 0.1) is 18.3 Å². The second kappa shape index (κ2) is 8.45. The van der Waals surface area contributed by atoms with E-state index >= 15 is 0 Å². The molecule has 96 valence electrons. The van der Waals surface area contributed by atoms with Gasteiger partial charge < -0.3 is 15.3 Å². The molecule has 1 atom stereocenters. The lowest BCUT2D eigenvalue weighted by Gasteiger charge is -2.21. The Morgan fingerprint density at radius 3 is 2.53 bits per heavy atom. The molecule has 0 aromatic heterocycles. The third kappa shape index (κ3) is 5.81. The highest BCUT2D eigenvalue weighted by molar-refractivity contribution is 5.76. The van der Waals surface area contributed by atoms with Gasteiger partial charge in [-0.05, 0) is 12.8 Å². The molecule has 0 bridgehead atoms. The van der Waals surface area contributed by atoms with E-state index in [-0.39, 0.29) is 19.1 Å². The minimum atomic E-state index is -0.896. The number of carboxylic acids is 1. The van der Waals surface area contributed by atoms with Crippen molar-refractivity contribution in [3.05, 3.63) is 0 Å². The Balaban J connectivity index is 4.22. The van der Waals surface area contributed by atoms with Gasteiger partial charge in [0.05, 0.1) is 12.5 Å². The number of nitrogens with one attached hydrogen (secondary N) is 1. The highest BCUT2D eigenvalue weighted by Crippen LogP contribution is 2.01. The van der Waals surface area contributed by atoms with Crippen LogP contribution < -0.4 is 5.32 Å². The molecule has 0 heterocycles. The summed E-state index contributed by atoms with van der Waals surface area (Å²) in [5.74, 6) is 0.962. The van der Waals surface area contributed by atoms with Gasteiger partial charge in [-0.15, -0.1) is 6.42 Å². The summed E-state index contributed by atoms with van der Waals surface area (Å²) in [6.45, 7) is 4.66. The first-order valence-corrected chi connectivity index (χ1v) is 5.75. The fourth-order valence-corrected chi connectivity index (χ4v) is 1.36. The Bertz CT molecular complexity index is 297. The summed E-state index contributed by atoms with van der Waals surface area (Å²) in [4.78, 5) is 24.0. The van der Waals surface area contributed by atoms with Crippen molar-refractivity contribution in [3.8, 4) is 12.3 Å². The third-order valence-electron chi connectivity index (χ3n) is 2.40. The van der Waals surface area contributed by atoms with Gasteiger partial charge in [-0.25, -0.2) is 4.79 Å². The average Bonchev–Trinajstić information content (AvgIpc) is 2.28. The molecule has 0 fully saturated rings. The molecular formula is C12H20N2O3. The smallest absolute Gasteiger partial charge is 0.318 e. The van der Waals surface area contributed by atoms with E-state index in [9.17, 15) is 9.59 Å². The Hall–Kier alpha value is -1.70. The lowest BCUT2D eigenvalue weighted by atomic mass is 10.1. The van der Waals surface area contributed by atoms with Crippen molar-refractivity contribution in [2.45, 2.75) is 26.7 Å². The van der Waals surface area contributed by atoms with Gasteiger partial charge in [0.15, 0.2) is 0 Å². The second-order valence-corrected chi connectivity index (χ2v) is 3.76. The molecular weight excluding hydrogens is 220 g/mol. The molecule has 1 unspecified atom stereocenters. The fourth-order valence-electron chi connectivity index (χ4n) is 1.36. The first-order chi connectivity index (χ1) is 8.06. The zero-order valence-electron chi connectivity index (χ0n) is 10.4. The molecule has 0 aromatic rings. The number of nitrogens with zero attached hydrogens (tertiary/aromatic N) is 1. The summed E-state index contributed by atoms with van der Waals surface area (Å²) >= 11 is 0. The van der Waals surface area contributed by atoms with E-state index in [0.717, 1.165) is 6.42 Å². The predicted molar refractivity (Wildman–Crippen MR) is 65.5 cm³/mol. The largest absolute Gasteiger partial charge is 0.481 e. The van der Waals surface area contributed by atoms with Gasteiger partial charge in [-0.1, -0.05) is 19.8 Å². The maximum atomic E-state index is 11.7. The van der Waals surface area contributed by atoms with Gasteiger partial charge in [0.1, 0.15) is 0 Å². The fraction of sp³-hybridized carbons (Fsp3) is 0.667. The van der Waals surface area contributed by atoms with Crippen LogP contribution in [0.25, 0.3) is 0 Å². The molecule has 0 spiro atoms. The molecule has 0 aromatic carbocycles. The van der Waals surface area contributed by atoms with Gasteiger partial charge in [0.25, 0.3) is 0 Å². The van der Waals surface area contributed by atoms with Gasteiger partial charge in [-0.2, -0.15) is 0 Å². The Morgan fingerprint density at radius 2 is 2.12 bits per heavy atom. The van der Waals surface area contributed by atoms with Gasteiger partial charge >= 0.3 is 12.0 Å². The van der Waals surface area contributed by atoms with Crippen molar-refractivity contribution in [1.29, 1.82) is 0 Å². The summed E-state index contributed by atoms with van der Waals surface area (Å²) in [5.41, 5.74) is 0. The van der Waals surface area contributed by atoms with Gasteiger partial charge in [-0.3, -0.25) is 4.79 Å². The number of hydrogen-bond acceptors (Lipinski definition) is 2. The number of carbonyl (C=O) groups is 2. The topological polar surface area (TPSA) is 69.6 Å². The summed E-state index contributed by atoms with van der Waals surface area (Å²) < 4.78 is 0. The lowest BCUT2D eigenvalue weighted by molar-refractivity contribution is -0.141. The molecule has 0 radical (unpaired) electrons. The summed E-state index contributed by atoms with van der Waals surface area (Å²) in [7, 11) is 0.